The third kappa shape index (κ3) is 5.09. The van der Waals surface area contributed by atoms with E-state index in [1.54, 1.807) is 0 Å². The maximum absolute atomic E-state index is 12.1. The fraction of sp³-hybridized carbons (Fsp3) is 0.174. The Labute approximate surface area is 178 Å². The van der Waals surface area contributed by atoms with E-state index in [-0.39, 0.29) is 6.03 Å². The van der Waals surface area contributed by atoms with Crippen molar-refractivity contribution in [3.63, 3.8) is 0 Å². The van der Waals surface area contributed by atoms with E-state index in [4.69, 9.17) is 4.52 Å². The number of hydrogen-bond donors (Lipinski definition) is 2. The van der Waals surface area contributed by atoms with Gasteiger partial charge in [-0.15, -0.1) is 0 Å². The fourth-order valence-electron chi connectivity index (χ4n) is 3.27. The van der Waals surface area contributed by atoms with Gasteiger partial charge >= 0.3 is 6.03 Å². The predicted molar refractivity (Wildman–Crippen MR) is 124 cm³/mol. The lowest BCUT2D eigenvalue weighted by atomic mass is 10.3. The van der Waals surface area contributed by atoms with Gasteiger partial charge in [0.15, 0.2) is 0 Å². The van der Waals surface area contributed by atoms with Crippen LogP contribution in [-0.4, -0.2) is 32.3 Å². The molecule has 7 heteroatoms. The van der Waals surface area contributed by atoms with Gasteiger partial charge in [0.2, 0.25) is 8.45 Å². The minimum absolute atomic E-state index is 0.233. The summed E-state index contributed by atoms with van der Waals surface area (Å²) in [7, 11) is -1.01. The molecule has 0 aliphatic carbocycles. The van der Waals surface area contributed by atoms with Crippen LogP contribution >= 0.6 is 8.45 Å². The van der Waals surface area contributed by atoms with E-state index >= 15 is 0 Å². The van der Waals surface area contributed by atoms with Crippen LogP contribution in [0.4, 0.5) is 21.9 Å². The van der Waals surface area contributed by atoms with Gasteiger partial charge in [0.05, 0.1) is 6.61 Å². The third-order valence-corrected chi connectivity index (χ3v) is 6.77. The van der Waals surface area contributed by atoms with Crippen molar-refractivity contribution in [3.8, 4) is 0 Å². The molecule has 1 aliphatic rings. The second-order valence-electron chi connectivity index (χ2n) is 6.75. The molecule has 30 heavy (non-hydrogen) atoms. The summed E-state index contributed by atoms with van der Waals surface area (Å²) in [6.45, 7) is 2.66. The van der Waals surface area contributed by atoms with E-state index in [1.807, 2.05) is 66.7 Å². The van der Waals surface area contributed by atoms with Crippen molar-refractivity contribution in [1.82, 2.24) is 5.32 Å². The Morgan fingerprint density at radius 2 is 1.30 bits per heavy atom. The van der Waals surface area contributed by atoms with Crippen molar-refractivity contribution in [3.05, 3.63) is 91.0 Å². The van der Waals surface area contributed by atoms with Gasteiger partial charge in [-0.3, -0.25) is 0 Å². The van der Waals surface area contributed by atoms with Crippen LogP contribution < -0.4 is 20.0 Å². The molecule has 0 saturated carbocycles. The first-order valence-corrected chi connectivity index (χ1v) is 11.2. The smallest absolute Gasteiger partial charge is 0.319 e. The van der Waals surface area contributed by atoms with Crippen LogP contribution in [0.15, 0.2) is 91.0 Å². The highest BCUT2D eigenvalue weighted by atomic mass is 31.2. The quantitative estimate of drug-likeness (QED) is 0.414. The van der Waals surface area contributed by atoms with E-state index in [9.17, 15) is 4.79 Å². The summed E-state index contributed by atoms with van der Waals surface area (Å²) in [6, 6.07) is 29.8. The molecule has 4 rings (SSSR count). The highest BCUT2D eigenvalue weighted by Gasteiger charge is 2.34. The molecule has 2 amide bonds. The van der Waals surface area contributed by atoms with E-state index in [0.717, 1.165) is 30.2 Å². The molecule has 2 N–H and O–H groups in total. The highest BCUT2D eigenvalue weighted by molar-refractivity contribution is 7.56. The Hall–Kier alpha value is -3.08. The first kappa shape index (κ1) is 20.2. The lowest BCUT2D eigenvalue weighted by molar-refractivity contribution is 0.249. The normalized spacial score (nSPS) is 14.0. The summed E-state index contributed by atoms with van der Waals surface area (Å²) >= 11 is 0. The lowest BCUT2D eigenvalue weighted by Crippen LogP contribution is -2.31. The Kier molecular flexibility index (Phi) is 6.80. The average molecular weight is 420 g/mol. The molecule has 0 atom stereocenters. The second kappa shape index (κ2) is 10.1. The molecule has 0 radical (unpaired) electrons. The van der Waals surface area contributed by atoms with Crippen LogP contribution in [0.25, 0.3) is 0 Å². The van der Waals surface area contributed by atoms with E-state index in [2.05, 4.69) is 44.2 Å². The molecular formula is C23H25N4O2P. The predicted octanol–water partition coefficient (Wildman–Crippen LogP) is 5.08. The van der Waals surface area contributed by atoms with Crippen LogP contribution in [0.1, 0.15) is 0 Å². The number of carbonyl (C=O) groups excluding carboxylic acids is 1. The van der Waals surface area contributed by atoms with Gasteiger partial charge < -0.3 is 24.5 Å². The Morgan fingerprint density at radius 3 is 1.83 bits per heavy atom. The van der Waals surface area contributed by atoms with Crippen molar-refractivity contribution in [2.45, 2.75) is 0 Å². The molecule has 0 aromatic heterocycles. The molecule has 3 aromatic carbocycles. The standard InChI is InChI=1S/C23H25N4O2P/c28-23(25-20-10-4-1-5-11-20)24-16-19-29-30-26(21-12-6-2-7-13-21)17-18-27(30)22-14-8-3-9-15-22/h1-15H,16-19H2,(H2,24,25,28). The van der Waals surface area contributed by atoms with Crippen LogP contribution in [0, 0.1) is 0 Å². The summed E-state index contributed by atoms with van der Waals surface area (Å²) < 4.78 is 10.9. The van der Waals surface area contributed by atoms with Crippen molar-refractivity contribution < 1.29 is 9.32 Å². The molecule has 154 valence electrons. The van der Waals surface area contributed by atoms with Crippen molar-refractivity contribution in [1.29, 1.82) is 0 Å². The van der Waals surface area contributed by atoms with Crippen molar-refractivity contribution in [2.75, 3.05) is 40.9 Å². The van der Waals surface area contributed by atoms with Gasteiger partial charge in [0, 0.05) is 36.7 Å². The SMILES string of the molecule is O=C(NCCOP1N(c2ccccc2)CCN1c1ccccc1)Nc1ccccc1. The van der Waals surface area contributed by atoms with Gasteiger partial charge in [0.1, 0.15) is 0 Å². The monoisotopic (exact) mass is 420 g/mol. The number of para-hydroxylation sites is 3. The van der Waals surface area contributed by atoms with Gasteiger partial charge in [-0.1, -0.05) is 54.6 Å². The van der Waals surface area contributed by atoms with E-state index in [1.165, 1.54) is 0 Å². The number of carbonyl (C=O) groups is 1. The minimum Gasteiger partial charge on any atom is -0.336 e. The summed E-state index contributed by atoms with van der Waals surface area (Å²) in [5.41, 5.74) is 3.07. The Morgan fingerprint density at radius 1 is 0.800 bits per heavy atom. The fourth-order valence-corrected chi connectivity index (χ4v) is 5.25. The zero-order valence-corrected chi connectivity index (χ0v) is 17.5. The maximum atomic E-state index is 12.1. The zero-order valence-electron chi connectivity index (χ0n) is 16.6. The second-order valence-corrected chi connectivity index (χ2v) is 8.48. The number of anilines is 3. The summed E-state index contributed by atoms with van der Waals surface area (Å²) in [5.74, 6) is 0. The number of amides is 2. The minimum atomic E-state index is -1.01. The molecule has 1 fully saturated rings. The lowest BCUT2D eigenvalue weighted by Gasteiger charge is -2.30. The largest absolute Gasteiger partial charge is 0.336 e. The van der Waals surface area contributed by atoms with Crippen molar-refractivity contribution in [2.24, 2.45) is 0 Å². The first-order chi connectivity index (χ1) is 14.8. The molecule has 0 bridgehead atoms. The molecule has 3 aromatic rings. The topological polar surface area (TPSA) is 56.8 Å². The van der Waals surface area contributed by atoms with Gasteiger partial charge in [0.25, 0.3) is 0 Å². The summed E-state index contributed by atoms with van der Waals surface area (Å²) in [6.07, 6.45) is 0. The molecule has 0 unspecified atom stereocenters. The Balaban J connectivity index is 1.36. The van der Waals surface area contributed by atoms with E-state index < -0.39 is 8.45 Å². The molecule has 1 heterocycles. The average Bonchev–Trinajstić information content (AvgIpc) is 3.22. The van der Waals surface area contributed by atoms with Gasteiger partial charge in [-0.25, -0.2) is 4.79 Å². The number of rotatable bonds is 7. The van der Waals surface area contributed by atoms with E-state index in [0.29, 0.717) is 13.2 Å². The zero-order chi connectivity index (χ0) is 20.6. The molecule has 6 nitrogen and oxygen atoms in total. The molecule has 1 aliphatic heterocycles. The van der Waals surface area contributed by atoms with Crippen LogP contribution in [-0.2, 0) is 4.52 Å². The number of urea groups is 1. The van der Waals surface area contributed by atoms with Crippen LogP contribution in [0.2, 0.25) is 0 Å². The van der Waals surface area contributed by atoms with Crippen LogP contribution in [0.5, 0.6) is 0 Å². The summed E-state index contributed by atoms with van der Waals surface area (Å²) in [5, 5.41) is 5.68. The van der Waals surface area contributed by atoms with Gasteiger partial charge in [-0.2, -0.15) is 0 Å². The summed E-state index contributed by atoms with van der Waals surface area (Å²) in [4.78, 5) is 12.1. The molecule has 0 spiro atoms. The third-order valence-electron chi connectivity index (χ3n) is 4.67. The number of nitrogens with zero attached hydrogens (tertiary/aromatic N) is 2. The molecular weight excluding hydrogens is 395 g/mol. The maximum Gasteiger partial charge on any atom is 0.319 e. The molecule has 1 saturated heterocycles. The van der Waals surface area contributed by atoms with Crippen molar-refractivity contribution >= 4 is 31.5 Å². The highest BCUT2D eigenvalue weighted by Crippen LogP contribution is 2.53. The number of benzene rings is 3. The number of hydrogen-bond acceptors (Lipinski definition) is 4. The number of nitrogens with one attached hydrogen (secondary N) is 2. The van der Waals surface area contributed by atoms with Crippen LogP contribution in [0.3, 0.4) is 0 Å². The first-order valence-electron chi connectivity index (χ1n) is 9.99. The Bertz CT molecular complexity index is 880. The van der Waals surface area contributed by atoms with Gasteiger partial charge in [-0.05, 0) is 36.4 Å².